The molecule has 2 nitrogen and oxygen atoms in total. The van der Waals surface area contributed by atoms with Gasteiger partial charge in [-0.25, -0.2) is 4.39 Å². The molecule has 0 heterocycles. The van der Waals surface area contributed by atoms with E-state index in [4.69, 9.17) is 5.73 Å². The zero-order chi connectivity index (χ0) is 12.3. The minimum Gasteiger partial charge on any atom is -0.397 e. The summed E-state index contributed by atoms with van der Waals surface area (Å²) in [6.07, 6.45) is 7.59. The third kappa shape index (κ3) is 3.11. The molecule has 1 saturated carbocycles. The fraction of sp³-hybridized carbons (Fsp3) is 0.571. The zero-order valence-corrected chi connectivity index (χ0v) is 10.4. The van der Waals surface area contributed by atoms with Crippen LogP contribution in [0.1, 0.15) is 44.1 Å². The predicted octanol–water partition coefficient (Wildman–Crippen LogP) is 3.85. The Balaban J connectivity index is 2.09. The van der Waals surface area contributed by atoms with Crippen LogP contribution < -0.4 is 11.1 Å². The summed E-state index contributed by atoms with van der Waals surface area (Å²) in [5, 5.41) is 3.47. The van der Waals surface area contributed by atoms with Gasteiger partial charge in [-0.05, 0) is 37.5 Å². The van der Waals surface area contributed by atoms with Crippen LogP contribution in [0.4, 0.5) is 15.8 Å². The normalized spacial score (nSPS) is 17.8. The maximum absolute atomic E-state index is 13.3. The first-order valence-electron chi connectivity index (χ1n) is 6.49. The van der Waals surface area contributed by atoms with Gasteiger partial charge in [-0.3, -0.25) is 0 Å². The highest BCUT2D eigenvalue weighted by atomic mass is 19.1. The van der Waals surface area contributed by atoms with Crippen LogP contribution >= 0.6 is 0 Å². The highest BCUT2D eigenvalue weighted by molar-refractivity contribution is 5.67. The Bertz CT molecular complexity index is 382. The van der Waals surface area contributed by atoms with Crippen molar-refractivity contribution in [2.75, 3.05) is 11.1 Å². The first kappa shape index (κ1) is 12.2. The Kier molecular flexibility index (Phi) is 3.87. The topological polar surface area (TPSA) is 38.0 Å². The van der Waals surface area contributed by atoms with Gasteiger partial charge in [0.1, 0.15) is 5.82 Å². The SMILES string of the molecule is Cc1cc(NC2CCCCCC2)c(N)cc1F. The van der Waals surface area contributed by atoms with Gasteiger partial charge >= 0.3 is 0 Å². The van der Waals surface area contributed by atoms with E-state index >= 15 is 0 Å². The lowest BCUT2D eigenvalue weighted by Crippen LogP contribution is -2.19. The first-order valence-corrected chi connectivity index (χ1v) is 6.49. The summed E-state index contributed by atoms with van der Waals surface area (Å²) in [5.41, 5.74) is 7.89. The molecule has 1 aromatic carbocycles. The van der Waals surface area contributed by atoms with Crippen LogP contribution in [0.2, 0.25) is 0 Å². The molecule has 94 valence electrons. The van der Waals surface area contributed by atoms with Gasteiger partial charge in [0, 0.05) is 6.04 Å². The van der Waals surface area contributed by atoms with Crippen LogP contribution in [0.5, 0.6) is 0 Å². The Hall–Kier alpha value is -1.25. The molecule has 1 aliphatic rings. The van der Waals surface area contributed by atoms with Crippen LogP contribution in [0.25, 0.3) is 0 Å². The smallest absolute Gasteiger partial charge is 0.128 e. The number of nitrogens with one attached hydrogen (secondary N) is 1. The van der Waals surface area contributed by atoms with E-state index in [0.29, 0.717) is 17.3 Å². The number of nitrogens with two attached hydrogens (primary N) is 1. The monoisotopic (exact) mass is 236 g/mol. The van der Waals surface area contributed by atoms with Crippen molar-refractivity contribution in [1.82, 2.24) is 0 Å². The van der Waals surface area contributed by atoms with Crippen molar-refractivity contribution in [3.05, 3.63) is 23.5 Å². The van der Waals surface area contributed by atoms with E-state index in [1.54, 1.807) is 6.92 Å². The molecule has 2 rings (SSSR count). The summed E-state index contributed by atoms with van der Waals surface area (Å²) < 4.78 is 13.3. The molecule has 0 radical (unpaired) electrons. The summed E-state index contributed by atoms with van der Waals surface area (Å²) in [7, 11) is 0. The Morgan fingerprint density at radius 3 is 2.47 bits per heavy atom. The summed E-state index contributed by atoms with van der Waals surface area (Å²) in [4.78, 5) is 0. The average Bonchev–Trinajstić information content (AvgIpc) is 2.54. The number of hydrogen-bond donors (Lipinski definition) is 2. The lowest BCUT2D eigenvalue weighted by atomic mass is 10.1. The number of benzene rings is 1. The largest absolute Gasteiger partial charge is 0.397 e. The second-order valence-electron chi connectivity index (χ2n) is 5.02. The van der Waals surface area contributed by atoms with Gasteiger partial charge in [-0.1, -0.05) is 25.7 Å². The van der Waals surface area contributed by atoms with Gasteiger partial charge in [0.15, 0.2) is 0 Å². The van der Waals surface area contributed by atoms with Crippen LogP contribution in [0.3, 0.4) is 0 Å². The standard InChI is InChI=1S/C14H21FN2/c1-10-8-14(13(16)9-12(10)15)17-11-6-4-2-3-5-7-11/h8-9,11,17H,2-7,16H2,1H3. The third-order valence-electron chi connectivity index (χ3n) is 3.55. The second kappa shape index (κ2) is 5.39. The molecule has 3 heteroatoms. The fourth-order valence-electron chi connectivity index (χ4n) is 2.47. The molecule has 0 bridgehead atoms. The predicted molar refractivity (Wildman–Crippen MR) is 70.7 cm³/mol. The molecule has 0 aliphatic heterocycles. The van der Waals surface area contributed by atoms with Gasteiger partial charge in [-0.2, -0.15) is 0 Å². The maximum Gasteiger partial charge on any atom is 0.128 e. The van der Waals surface area contributed by atoms with Crippen molar-refractivity contribution in [2.45, 2.75) is 51.5 Å². The van der Waals surface area contributed by atoms with Crippen molar-refractivity contribution in [2.24, 2.45) is 0 Å². The summed E-state index contributed by atoms with van der Waals surface area (Å²) in [6.45, 7) is 1.77. The number of nitrogen functional groups attached to an aromatic ring is 1. The van der Waals surface area contributed by atoms with E-state index in [1.807, 2.05) is 6.07 Å². The minimum absolute atomic E-state index is 0.228. The molecule has 0 atom stereocenters. The molecule has 1 fully saturated rings. The molecule has 3 N–H and O–H groups in total. The van der Waals surface area contributed by atoms with E-state index in [2.05, 4.69) is 5.32 Å². The summed E-state index contributed by atoms with van der Waals surface area (Å²) >= 11 is 0. The van der Waals surface area contributed by atoms with E-state index < -0.39 is 0 Å². The average molecular weight is 236 g/mol. The number of rotatable bonds is 2. The summed E-state index contributed by atoms with van der Waals surface area (Å²) in [6, 6.07) is 3.72. The molecular formula is C14H21FN2. The Morgan fingerprint density at radius 1 is 1.18 bits per heavy atom. The van der Waals surface area contributed by atoms with E-state index in [0.717, 1.165) is 5.69 Å². The zero-order valence-electron chi connectivity index (χ0n) is 10.4. The quantitative estimate of drug-likeness (QED) is 0.604. The van der Waals surface area contributed by atoms with Gasteiger partial charge in [0.2, 0.25) is 0 Å². The minimum atomic E-state index is -0.228. The Morgan fingerprint density at radius 2 is 1.82 bits per heavy atom. The summed E-state index contributed by atoms with van der Waals surface area (Å²) in [5.74, 6) is -0.228. The van der Waals surface area contributed by atoms with Gasteiger partial charge in [0.25, 0.3) is 0 Å². The first-order chi connectivity index (χ1) is 8.16. The molecule has 0 amide bonds. The fourth-order valence-corrected chi connectivity index (χ4v) is 2.47. The van der Waals surface area contributed by atoms with Crippen molar-refractivity contribution in [1.29, 1.82) is 0 Å². The number of aryl methyl sites for hydroxylation is 1. The van der Waals surface area contributed by atoms with Crippen LogP contribution in [-0.2, 0) is 0 Å². The lowest BCUT2D eigenvalue weighted by Gasteiger charge is -2.19. The lowest BCUT2D eigenvalue weighted by molar-refractivity contribution is 0.613. The molecule has 0 spiro atoms. The van der Waals surface area contributed by atoms with Crippen molar-refractivity contribution in [3.63, 3.8) is 0 Å². The van der Waals surface area contributed by atoms with Gasteiger partial charge < -0.3 is 11.1 Å². The second-order valence-corrected chi connectivity index (χ2v) is 5.02. The highest BCUT2D eigenvalue weighted by Gasteiger charge is 2.13. The van der Waals surface area contributed by atoms with E-state index in [9.17, 15) is 4.39 Å². The molecule has 1 aliphatic carbocycles. The number of hydrogen-bond acceptors (Lipinski definition) is 2. The van der Waals surface area contributed by atoms with Crippen LogP contribution in [0, 0.1) is 12.7 Å². The van der Waals surface area contributed by atoms with Gasteiger partial charge in [-0.15, -0.1) is 0 Å². The maximum atomic E-state index is 13.3. The van der Waals surface area contributed by atoms with Gasteiger partial charge in [0.05, 0.1) is 11.4 Å². The number of halogens is 1. The van der Waals surface area contributed by atoms with E-state index in [1.165, 1.54) is 44.6 Å². The molecule has 1 aromatic rings. The molecule has 0 aromatic heterocycles. The van der Waals surface area contributed by atoms with Crippen molar-refractivity contribution < 1.29 is 4.39 Å². The third-order valence-corrected chi connectivity index (χ3v) is 3.55. The molecular weight excluding hydrogens is 215 g/mol. The molecule has 0 unspecified atom stereocenters. The van der Waals surface area contributed by atoms with Crippen LogP contribution in [0.15, 0.2) is 12.1 Å². The van der Waals surface area contributed by atoms with Crippen LogP contribution in [-0.4, -0.2) is 6.04 Å². The van der Waals surface area contributed by atoms with E-state index in [-0.39, 0.29) is 5.82 Å². The van der Waals surface area contributed by atoms with Crippen molar-refractivity contribution in [3.8, 4) is 0 Å². The molecule has 0 saturated heterocycles. The molecule has 17 heavy (non-hydrogen) atoms. The number of anilines is 2. The van der Waals surface area contributed by atoms with Crippen molar-refractivity contribution >= 4 is 11.4 Å². The highest BCUT2D eigenvalue weighted by Crippen LogP contribution is 2.26. The Labute approximate surface area is 102 Å².